The molecule has 0 aliphatic rings. The fourth-order valence-corrected chi connectivity index (χ4v) is 2.19. The first-order chi connectivity index (χ1) is 11.6. The van der Waals surface area contributed by atoms with Gasteiger partial charge in [0.2, 0.25) is 0 Å². The van der Waals surface area contributed by atoms with Gasteiger partial charge in [0.25, 0.3) is 0 Å². The highest BCUT2D eigenvalue weighted by atomic mass is 127. The Morgan fingerprint density at radius 2 is 1.80 bits per heavy atom. The van der Waals surface area contributed by atoms with Crippen molar-refractivity contribution < 1.29 is 4.74 Å². The van der Waals surface area contributed by atoms with E-state index in [1.165, 1.54) is 0 Å². The molecule has 136 valence electrons. The minimum absolute atomic E-state index is 0. The van der Waals surface area contributed by atoms with Gasteiger partial charge in [-0.3, -0.25) is 4.99 Å². The Bertz CT molecular complexity index is 691. The highest BCUT2D eigenvalue weighted by Gasteiger charge is 2.02. The first-order valence-corrected chi connectivity index (χ1v) is 7.82. The number of nitrogens with zero attached hydrogens (tertiary/aromatic N) is 3. The smallest absolute Gasteiger partial charge is 0.191 e. The van der Waals surface area contributed by atoms with E-state index in [0.717, 1.165) is 28.7 Å². The summed E-state index contributed by atoms with van der Waals surface area (Å²) >= 11 is 0. The number of guanidine groups is 1. The predicted octanol–water partition coefficient (Wildman–Crippen LogP) is 2.64. The third kappa shape index (κ3) is 6.77. The van der Waals surface area contributed by atoms with Crippen LogP contribution in [0.3, 0.4) is 0 Å². The molecule has 0 radical (unpaired) electrons. The molecule has 1 aromatic carbocycles. The molecule has 1 heterocycles. The highest BCUT2D eigenvalue weighted by molar-refractivity contribution is 14.0. The molecule has 0 fully saturated rings. The Labute approximate surface area is 166 Å². The largest absolute Gasteiger partial charge is 0.497 e. The van der Waals surface area contributed by atoms with Gasteiger partial charge in [-0.25, -0.2) is 4.98 Å². The maximum atomic E-state index is 5.24. The predicted molar refractivity (Wildman–Crippen MR) is 114 cm³/mol. The molecule has 0 bridgehead atoms. The van der Waals surface area contributed by atoms with Gasteiger partial charge >= 0.3 is 0 Å². The number of benzene rings is 1. The molecule has 2 rings (SSSR count). The van der Waals surface area contributed by atoms with Gasteiger partial charge in [-0.15, -0.1) is 24.0 Å². The number of anilines is 1. The van der Waals surface area contributed by atoms with E-state index >= 15 is 0 Å². The van der Waals surface area contributed by atoms with Gasteiger partial charge in [0.1, 0.15) is 11.6 Å². The van der Waals surface area contributed by atoms with E-state index in [1.807, 2.05) is 49.5 Å². The van der Waals surface area contributed by atoms with Crippen LogP contribution < -0.4 is 20.3 Å². The lowest BCUT2D eigenvalue weighted by Crippen LogP contribution is -2.36. The van der Waals surface area contributed by atoms with Crippen LogP contribution in [0.25, 0.3) is 0 Å². The SMILES string of the molecule is CN=C(NCc1cccc(OC)c1)NCc1ccnc(N(C)C)c1.I. The Kier molecular flexibility index (Phi) is 9.04. The second kappa shape index (κ2) is 10.8. The van der Waals surface area contributed by atoms with Crippen molar-refractivity contribution >= 4 is 35.8 Å². The number of rotatable bonds is 6. The molecule has 0 unspecified atom stereocenters. The van der Waals surface area contributed by atoms with Gasteiger partial charge < -0.3 is 20.3 Å². The van der Waals surface area contributed by atoms with E-state index in [4.69, 9.17) is 4.74 Å². The van der Waals surface area contributed by atoms with Crippen LogP contribution in [0.5, 0.6) is 5.75 Å². The fourth-order valence-electron chi connectivity index (χ4n) is 2.19. The molecule has 0 spiro atoms. The van der Waals surface area contributed by atoms with Crippen LogP contribution in [0.2, 0.25) is 0 Å². The zero-order valence-electron chi connectivity index (χ0n) is 15.1. The van der Waals surface area contributed by atoms with Crippen molar-refractivity contribution in [2.45, 2.75) is 13.1 Å². The van der Waals surface area contributed by atoms with Gasteiger partial charge in [-0.2, -0.15) is 0 Å². The second-order valence-corrected chi connectivity index (χ2v) is 5.55. The fraction of sp³-hybridized carbons (Fsp3) is 0.333. The molecule has 25 heavy (non-hydrogen) atoms. The van der Waals surface area contributed by atoms with Gasteiger partial charge in [-0.1, -0.05) is 12.1 Å². The van der Waals surface area contributed by atoms with Crippen molar-refractivity contribution in [3.05, 3.63) is 53.7 Å². The van der Waals surface area contributed by atoms with E-state index in [2.05, 4.69) is 32.7 Å². The van der Waals surface area contributed by atoms with E-state index in [1.54, 1.807) is 14.2 Å². The maximum absolute atomic E-state index is 5.24. The molecule has 0 atom stereocenters. The molecular formula is C18H26IN5O. The summed E-state index contributed by atoms with van der Waals surface area (Å²) in [6, 6.07) is 12.0. The summed E-state index contributed by atoms with van der Waals surface area (Å²) < 4.78 is 5.24. The molecule has 6 nitrogen and oxygen atoms in total. The minimum Gasteiger partial charge on any atom is -0.497 e. The molecule has 7 heteroatoms. The van der Waals surface area contributed by atoms with Crippen LogP contribution >= 0.6 is 24.0 Å². The molecule has 0 aliphatic heterocycles. The Morgan fingerprint density at radius 3 is 2.40 bits per heavy atom. The minimum atomic E-state index is 0. The summed E-state index contributed by atoms with van der Waals surface area (Å²) in [5.41, 5.74) is 2.29. The van der Waals surface area contributed by atoms with Gasteiger partial charge in [0.05, 0.1) is 7.11 Å². The Hall–Kier alpha value is -2.03. The van der Waals surface area contributed by atoms with Crippen molar-refractivity contribution in [3.63, 3.8) is 0 Å². The standard InChI is InChI=1S/C18H25N5O.HI/c1-19-18(21-12-14-6-5-7-16(10-14)24-4)22-13-15-8-9-20-17(11-15)23(2)3;/h5-11H,12-13H2,1-4H3,(H2,19,21,22);1H. The molecule has 2 N–H and O–H groups in total. The van der Waals surface area contributed by atoms with E-state index in [0.29, 0.717) is 13.1 Å². The number of ether oxygens (including phenoxy) is 1. The van der Waals surface area contributed by atoms with Crippen LogP contribution in [0.15, 0.2) is 47.6 Å². The lowest BCUT2D eigenvalue weighted by atomic mass is 10.2. The Balaban J connectivity index is 0.00000312. The molecule has 0 amide bonds. The average Bonchev–Trinajstić information content (AvgIpc) is 2.62. The van der Waals surface area contributed by atoms with Crippen LogP contribution in [0, 0.1) is 0 Å². The first kappa shape index (κ1) is 21.0. The van der Waals surface area contributed by atoms with E-state index in [-0.39, 0.29) is 24.0 Å². The van der Waals surface area contributed by atoms with Crippen molar-refractivity contribution in [3.8, 4) is 5.75 Å². The summed E-state index contributed by atoms with van der Waals surface area (Å²) in [5, 5.41) is 6.61. The summed E-state index contributed by atoms with van der Waals surface area (Å²) in [6.45, 7) is 1.36. The molecule has 0 saturated carbocycles. The normalized spacial score (nSPS) is 10.6. The molecule has 1 aromatic heterocycles. The lowest BCUT2D eigenvalue weighted by Gasteiger charge is -2.14. The monoisotopic (exact) mass is 455 g/mol. The summed E-state index contributed by atoms with van der Waals surface area (Å²) in [7, 11) is 7.39. The third-order valence-corrected chi connectivity index (χ3v) is 3.55. The summed E-state index contributed by atoms with van der Waals surface area (Å²) in [5.74, 6) is 2.54. The molecular weight excluding hydrogens is 429 g/mol. The number of aliphatic imine (C=N–C) groups is 1. The lowest BCUT2D eigenvalue weighted by molar-refractivity contribution is 0.414. The van der Waals surface area contributed by atoms with Crippen LogP contribution in [0.4, 0.5) is 5.82 Å². The number of hydrogen-bond acceptors (Lipinski definition) is 4. The zero-order valence-corrected chi connectivity index (χ0v) is 17.4. The Morgan fingerprint density at radius 1 is 1.12 bits per heavy atom. The van der Waals surface area contributed by atoms with E-state index < -0.39 is 0 Å². The van der Waals surface area contributed by atoms with Gasteiger partial charge in [0, 0.05) is 40.4 Å². The molecule has 0 saturated heterocycles. The number of aromatic nitrogens is 1. The van der Waals surface area contributed by atoms with Crippen LogP contribution in [-0.2, 0) is 13.1 Å². The second-order valence-electron chi connectivity index (χ2n) is 5.55. The topological polar surface area (TPSA) is 61.8 Å². The highest BCUT2D eigenvalue weighted by Crippen LogP contribution is 2.12. The first-order valence-electron chi connectivity index (χ1n) is 7.82. The van der Waals surface area contributed by atoms with Gasteiger partial charge in [0.15, 0.2) is 5.96 Å². The summed E-state index contributed by atoms with van der Waals surface area (Å²) in [6.07, 6.45) is 1.82. The number of nitrogens with one attached hydrogen (secondary N) is 2. The van der Waals surface area contributed by atoms with Crippen molar-refractivity contribution in [2.24, 2.45) is 4.99 Å². The number of methoxy groups -OCH3 is 1. The molecule has 2 aromatic rings. The quantitative estimate of drug-likeness (QED) is 0.399. The van der Waals surface area contributed by atoms with Crippen molar-refractivity contribution in [1.82, 2.24) is 15.6 Å². The average molecular weight is 455 g/mol. The summed E-state index contributed by atoms with van der Waals surface area (Å²) in [4.78, 5) is 10.6. The van der Waals surface area contributed by atoms with Crippen LogP contribution in [0.1, 0.15) is 11.1 Å². The maximum Gasteiger partial charge on any atom is 0.191 e. The van der Waals surface area contributed by atoms with Crippen molar-refractivity contribution in [1.29, 1.82) is 0 Å². The number of halogens is 1. The van der Waals surface area contributed by atoms with Gasteiger partial charge in [-0.05, 0) is 35.4 Å². The third-order valence-electron chi connectivity index (χ3n) is 3.55. The van der Waals surface area contributed by atoms with Crippen LogP contribution in [-0.4, -0.2) is 39.2 Å². The van der Waals surface area contributed by atoms with Crippen molar-refractivity contribution in [2.75, 3.05) is 33.2 Å². The zero-order chi connectivity index (χ0) is 17.4. The number of hydrogen-bond donors (Lipinski definition) is 2. The number of pyridine rings is 1. The molecule has 0 aliphatic carbocycles. The van der Waals surface area contributed by atoms with E-state index in [9.17, 15) is 0 Å².